The summed E-state index contributed by atoms with van der Waals surface area (Å²) in [4.78, 5) is 30.3. The largest absolute Gasteiger partial charge is 0.280 e. The van der Waals surface area contributed by atoms with Gasteiger partial charge in [-0.15, -0.1) is 0 Å². The number of fused-ring (bicyclic) bond motifs is 1. The Kier molecular flexibility index (Phi) is 5.53. The maximum Gasteiger partial charge on any atom is 0.280 e. The Morgan fingerprint density at radius 3 is 2.44 bits per heavy atom. The van der Waals surface area contributed by atoms with Gasteiger partial charge in [0.25, 0.3) is 5.56 Å². The fraction of sp³-hybridized carbons (Fsp3) is 0.250. The molecule has 0 aliphatic carbocycles. The van der Waals surface area contributed by atoms with Gasteiger partial charge in [-0.25, -0.2) is 9.66 Å². The number of carbonyl (C=O) groups excluding carboxylic acids is 1. The van der Waals surface area contributed by atoms with Gasteiger partial charge in [-0.2, -0.15) is 0 Å². The molecule has 1 atom stereocenters. The summed E-state index contributed by atoms with van der Waals surface area (Å²) in [5, 5.41) is 1.25. The minimum atomic E-state index is -0.529. The highest BCUT2D eigenvalue weighted by molar-refractivity contribution is 6.42. The molecule has 1 amide bonds. The Balaban J connectivity index is 2.01. The van der Waals surface area contributed by atoms with Crippen LogP contribution in [0.3, 0.4) is 0 Å². The first-order valence-electron chi connectivity index (χ1n) is 8.57. The molecule has 27 heavy (non-hydrogen) atoms. The van der Waals surface area contributed by atoms with E-state index in [1.165, 1.54) is 4.68 Å². The fourth-order valence-corrected chi connectivity index (χ4v) is 3.09. The highest BCUT2D eigenvalue weighted by atomic mass is 35.5. The first-order chi connectivity index (χ1) is 12.8. The summed E-state index contributed by atoms with van der Waals surface area (Å²) < 4.78 is 1.24. The van der Waals surface area contributed by atoms with Crippen molar-refractivity contribution in [3.05, 3.63) is 74.3 Å². The summed E-state index contributed by atoms with van der Waals surface area (Å²) in [7, 11) is 0. The third kappa shape index (κ3) is 3.84. The van der Waals surface area contributed by atoms with Gasteiger partial charge in [0.1, 0.15) is 5.82 Å². The van der Waals surface area contributed by atoms with Crippen LogP contribution in [0.4, 0.5) is 0 Å². The Morgan fingerprint density at radius 2 is 1.78 bits per heavy atom. The van der Waals surface area contributed by atoms with Crippen molar-refractivity contribution < 1.29 is 4.79 Å². The zero-order chi connectivity index (χ0) is 19.7. The molecule has 0 aliphatic heterocycles. The van der Waals surface area contributed by atoms with Crippen LogP contribution in [0.5, 0.6) is 0 Å². The fourth-order valence-electron chi connectivity index (χ4n) is 2.79. The number of para-hydroxylation sites is 1. The second kappa shape index (κ2) is 7.71. The lowest BCUT2D eigenvalue weighted by molar-refractivity contribution is -0.118. The van der Waals surface area contributed by atoms with Crippen LogP contribution in [0.25, 0.3) is 10.9 Å². The number of hydrogen-bond donors (Lipinski definition) is 1. The van der Waals surface area contributed by atoms with E-state index in [1.54, 1.807) is 43.3 Å². The molecule has 1 N–H and O–H groups in total. The Labute approximate surface area is 166 Å². The van der Waals surface area contributed by atoms with Crippen molar-refractivity contribution in [1.82, 2.24) is 9.66 Å². The topological polar surface area (TPSA) is 64.0 Å². The van der Waals surface area contributed by atoms with Gasteiger partial charge in [-0.3, -0.25) is 15.0 Å². The second-order valence-corrected chi connectivity index (χ2v) is 7.47. The molecule has 0 fully saturated rings. The van der Waals surface area contributed by atoms with Crippen LogP contribution >= 0.6 is 23.2 Å². The molecule has 5 nitrogen and oxygen atoms in total. The Hall–Kier alpha value is -2.37. The number of aromatic nitrogens is 2. The summed E-state index contributed by atoms with van der Waals surface area (Å²) in [6.45, 7) is 5.58. The summed E-state index contributed by atoms with van der Waals surface area (Å²) in [6, 6.07) is 12.1. The quantitative estimate of drug-likeness (QED) is 0.686. The van der Waals surface area contributed by atoms with E-state index in [-0.39, 0.29) is 17.4 Å². The van der Waals surface area contributed by atoms with Crippen LogP contribution in [0.2, 0.25) is 10.0 Å². The number of nitrogens with zero attached hydrogens (tertiary/aromatic N) is 2. The molecule has 1 heterocycles. The molecule has 3 rings (SSSR count). The molecule has 0 spiro atoms. The Bertz CT molecular complexity index is 1080. The molecule has 2 aromatic carbocycles. The normalized spacial score (nSPS) is 12.4. The molecule has 0 aliphatic rings. The molecule has 7 heteroatoms. The van der Waals surface area contributed by atoms with E-state index in [0.29, 0.717) is 32.3 Å². The molecule has 3 aromatic rings. The van der Waals surface area contributed by atoms with Crippen molar-refractivity contribution in [1.29, 1.82) is 0 Å². The van der Waals surface area contributed by atoms with Gasteiger partial charge in [-0.1, -0.05) is 55.2 Å². The van der Waals surface area contributed by atoms with Crippen LogP contribution in [-0.4, -0.2) is 15.6 Å². The van der Waals surface area contributed by atoms with E-state index in [4.69, 9.17) is 23.2 Å². The highest BCUT2D eigenvalue weighted by Crippen LogP contribution is 2.26. The molecular formula is C20H19Cl2N3O2. The van der Waals surface area contributed by atoms with E-state index in [2.05, 4.69) is 10.4 Å². The van der Waals surface area contributed by atoms with Gasteiger partial charge < -0.3 is 0 Å². The lowest BCUT2D eigenvalue weighted by atomic mass is 10.0. The monoisotopic (exact) mass is 403 g/mol. The standard InChI is InChI=1S/C20H19Cl2N3O2/c1-11(2)18-23-17-7-5-4-6-14(17)20(27)25(18)24-19(26)12(3)13-8-9-15(21)16(22)10-13/h4-12H,1-3H3,(H,24,26). The van der Waals surface area contributed by atoms with E-state index in [0.717, 1.165) is 0 Å². The minimum Gasteiger partial charge on any atom is -0.273 e. The van der Waals surface area contributed by atoms with Gasteiger partial charge >= 0.3 is 0 Å². The molecule has 0 saturated heterocycles. The third-order valence-corrected chi connectivity index (χ3v) is 5.12. The second-order valence-electron chi connectivity index (χ2n) is 6.65. The SMILES string of the molecule is CC(C)c1nc2ccccc2c(=O)n1NC(=O)C(C)c1ccc(Cl)c(Cl)c1. The van der Waals surface area contributed by atoms with Crippen LogP contribution in [0, 0.1) is 0 Å². The summed E-state index contributed by atoms with van der Waals surface area (Å²) >= 11 is 12.0. The average molecular weight is 404 g/mol. The smallest absolute Gasteiger partial charge is 0.273 e. The lowest BCUT2D eigenvalue weighted by Crippen LogP contribution is -2.38. The summed E-state index contributed by atoms with van der Waals surface area (Å²) in [5.74, 6) is -0.427. The molecular weight excluding hydrogens is 385 g/mol. The number of amides is 1. The number of benzene rings is 2. The van der Waals surface area contributed by atoms with Crippen molar-refractivity contribution in [2.45, 2.75) is 32.6 Å². The van der Waals surface area contributed by atoms with Crippen molar-refractivity contribution in [2.75, 3.05) is 5.43 Å². The van der Waals surface area contributed by atoms with Gasteiger partial charge in [-0.05, 0) is 36.8 Å². The highest BCUT2D eigenvalue weighted by Gasteiger charge is 2.20. The lowest BCUT2D eigenvalue weighted by Gasteiger charge is -2.19. The summed E-state index contributed by atoms with van der Waals surface area (Å²) in [6.07, 6.45) is 0. The van der Waals surface area contributed by atoms with Crippen molar-refractivity contribution in [3.8, 4) is 0 Å². The maximum atomic E-state index is 12.9. The summed E-state index contributed by atoms with van der Waals surface area (Å²) in [5.41, 5.74) is 3.71. The van der Waals surface area contributed by atoms with E-state index in [9.17, 15) is 9.59 Å². The van der Waals surface area contributed by atoms with Gasteiger partial charge in [0, 0.05) is 5.92 Å². The molecule has 1 unspecified atom stereocenters. The van der Waals surface area contributed by atoms with E-state index >= 15 is 0 Å². The number of halogens is 2. The number of nitrogens with one attached hydrogen (secondary N) is 1. The average Bonchev–Trinajstić information content (AvgIpc) is 2.65. The van der Waals surface area contributed by atoms with Crippen LogP contribution in [0.15, 0.2) is 47.3 Å². The molecule has 0 saturated carbocycles. The number of hydrogen-bond acceptors (Lipinski definition) is 3. The maximum absolute atomic E-state index is 12.9. The zero-order valence-corrected chi connectivity index (χ0v) is 16.7. The van der Waals surface area contributed by atoms with Gasteiger partial charge in [0.2, 0.25) is 5.91 Å². The predicted molar refractivity (Wildman–Crippen MR) is 109 cm³/mol. The van der Waals surface area contributed by atoms with Crippen LogP contribution in [0.1, 0.15) is 44.0 Å². The molecule has 0 radical (unpaired) electrons. The minimum absolute atomic E-state index is 0.0529. The van der Waals surface area contributed by atoms with Crippen LogP contribution < -0.4 is 11.0 Å². The third-order valence-electron chi connectivity index (χ3n) is 4.38. The Morgan fingerprint density at radius 1 is 1.07 bits per heavy atom. The predicted octanol–water partition coefficient (Wildman–Crippen LogP) is 4.70. The first-order valence-corrected chi connectivity index (χ1v) is 9.32. The van der Waals surface area contributed by atoms with E-state index in [1.807, 2.05) is 19.9 Å². The van der Waals surface area contributed by atoms with Crippen molar-refractivity contribution >= 4 is 40.0 Å². The van der Waals surface area contributed by atoms with Gasteiger partial charge in [0.05, 0.1) is 26.9 Å². The number of carbonyl (C=O) groups is 1. The van der Waals surface area contributed by atoms with Crippen LogP contribution in [-0.2, 0) is 4.79 Å². The molecule has 1 aromatic heterocycles. The van der Waals surface area contributed by atoms with Crippen molar-refractivity contribution in [2.24, 2.45) is 0 Å². The van der Waals surface area contributed by atoms with Gasteiger partial charge in [0.15, 0.2) is 0 Å². The molecule has 0 bridgehead atoms. The zero-order valence-electron chi connectivity index (χ0n) is 15.2. The van der Waals surface area contributed by atoms with E-state index < -0.39 is 5.92 Å². The molecule has 140 valence electrons. The number of rotatable bonds is 4. The first kappa shape index (κ1) is 19.4. The van der Waals surface area contributed by atoms with Crippen molar-refractivity contribution in [3.63, 3.8) is 0 Å².